The number of carbonyl (C=O) groups excluding carboxylic acids is 1. The molecular weight excluding hydrogens is 262 g/mol. The van der Waals surface area contributed by atoms with E-state index in [1.54, 1.807) is 0 Å². The van der Waals surface area contributed by atoms with E-state index in [2.05, 4.69) is 9.97 Å². The van der Waals surface area contributed by atoms with Crippen molar-refractivity contribution in [3.05, 3.63) is 52.6 Å². The third-order valence-corrected chi connectivity index (χ3v) is 3.57. The van der Waals surface area contributed by atoms with Crippen LogP contribution in [0.1, 0.15) is 40.4 Å². The smallest absolute Gasteiger partial charge is 0.170 e. The maximum Gasteiger partial charge on any atom is 0.170 e. The Morgan fingerprint density at radius 2 is 2.00 bits per heavy atom. The molecule has 3 rings (SSSR count). The first kappa shape index (κ1) is 13.0. The largest absolute Gasteiger partial charge is 0.345 e. The van der Waals surface area contributed by atoms with Crippen LogP contribution in [0, 0.1) is 11.6 Å². The molecule has 2 aromatic rings. The molecule has 1 heterocycles. The van der Waals surface area contributed by atoms with Crippen LogP contribution >= 0.6 is 0 Å². The molecule has 0 spiro atoms. The normalized spacial score (nSPS) is 14.1. The minimum atomic E-state index is -1.01. The van der Waals surface area contributed by atoms with Gasteiger partial charge < -0.3 is 4.98 Å². The highest BCUT2D eigenvalue weighted by atomic mass is 19.2. The molecular formula is C15H14F2N2O. The van der Waals surface area contributed by atoms with Gasteiger partial charge in [0.2, 0.25) is 0 Å². The molecule has 0 unspecified atom stereocenters. The minimum absolute atomic E-state index is 0.0814. The fourth-order valence-corrected chi connectivity index (χ4v) is 2.52. The average molecular weight is 276 g/mol. The van der Waals surface area contributed by atoms with E-state index in [0.717, 1.165) is 49.2 Å². The number of aryl methyl sites for hydroxylation is 2. The lowest BCUT2D eigenvalue weighted by atomic mass is 10.0. The number of fused-ring (bicyclic) bond motifs is 1. The van der Waals surface area contributed by atoms with Gasteiger partial charge in [0.05, 0.1) is 12.1 Å². The number of imidazole rings is 1. The number of H-pyrrole nitrogens is 1. The van der Waals surface area contributed by atoms with Gasteiger partial charge in [-0.2, -0.15) is 0 Å². The Hall–Kier alpha value is -2.04. The maximum absolute atomic E-state index is 13.1. The van der Waals surface area contributed by atoms with E-state index in [4.69, 9.17) is 0 Å². The summed E-state index contributed by atoms with van der Waals surface area (Å²) in [5, 5.41) is 0. The molecule has 5 heteroatoms. The number of rotatable bonds is 3. The van der Waals surface area contributed by atoms with Crippen molar-refractivity contribution in [2.45, 2.75) is 32.1 Å². The summed E-state index contributed by atoms with van der Waals surface area (Å²) in [5.41, 5.74) is 2.30. The average Bonchev–Trinajstić information content (AvgIpc) is 2.83. The van der Waals surface area contributed by atoms with Crippen LogP contribution in [-0.2, 0) is 19.3 Å². The van der Waals surface area contributed by atoms with Gasteiger partial charge in [0.25, 0.3) is 0 Å². The van der Waals surface area contributed by atoms with Crippen LogP contribution < -0.4 is 0 Å². The molecule has 1 aromatic heterocycles. The summed E-state index contributed by atoms with van der Waals surface area (Å²) in [6.07, 6.45) is 4.23. The monoisotopic (exact) mass is 276 g/mol. The van der Waals surface area contributed by atoms with Gasteiger partial charge in [-0.3, -0.25) is 4.79 Å². The third-order valence-electron chi connectivity index (χ3n) is 3.57. The number of aromatic amines is 1. The number of ketones is 1. The maximum atomic E-state index is 13.1. The van der Waals surface area contributed by atoms with Crippen LogP contribution in [0.15, 0.2) is 18.2 Å². The minimum Gasteiger partial charge on any atom is -0.345 e. The van der Waals surface area contributed by atoms with Crippen molar-refractivity contribution in [2.75, 3.05) is 0 Å². The lowest BCUT2D eigenvalue weighted by Gasteiger charge is -2.07. The Morgan fingerprint density at radius 3 is 2.75 bits per heavy atom. The third kappa shape index (κ3) is 2.48. The first-order valence-corrected chi connectivity index (χ1v) is 6.68. The molecule has 1 aliphatic rings. The van der Waals surface area contributed by atoms with Gasteiger partial charge in [0.1, 0.15) is 5.82 Å². The highest BCUT2D eigenvalue weighted by Crippen LogP contribution is 2.19. The van der Waals surface area contributed by atoms with Gasteiger partial charge in [0, 0.05) is 11.3 Å². The number of halogens is 2. The van der Waals surface area contributed by atoms with Crippen LogP contribution in [0.2, 0.25) is 0 Å². The fourth-order valence-electron chi connectivity index (χ4n) is 2.52. The summed E-state index contributed by atoms with van der Waals surface area (Å²) >= 11 is 0. The summed E-state index contributed by atoms with van der Waals surface area (Å²) in [6, 6.07) is 3.19. The van der Waals surface area contributed by atoms with Crippen molar-refractivity contribution in [2.24, 2.45) is 0 Å². The summed E-state index contributed by atoms with van der Waals surface area (Å²) in [6.45, 7) is 0. The number of carbonyl (C=O) groups is 1. The van der Waals surface area contributed by atoms with E-state index in [0.29, 0.717) is 5.82 Å². The second-order valence-electron chi connectivity index (χ2n) is 5.04. The summed E-state index contributed by atoms with van der Waals surface area (Å²) in [7, 11) is 0. The van der Waals surface area contributed by atoms with Crippen LogP contribution in [-0.4, -0.2) is 15.8 Å². The van der Waals surface area contributed by atoms with E-state index in [1.807, 2.05) is 0 Å². The summed E-state index contributed by atoms with van der Waals surface area (Å²) < 4.78 is 26.0. The Bertz CT molecular complexity index is 640. The van der Waals surface area contributed by atoms with E-state index >= 15 is 0 Å². The predicted octanol–water partition coefficient (Wildman–Crippen LogP) is 2.99. The molecule has 0 amide bonds. The number of aromatic nitrogens is 2. The fraction of sp³-hybridized carbons (Fsp3) is 0.333. The zero-order valence-corrected chi connectivity index (χ0v) is 10.9. The molecule has 0 fully saturated rings. The summed E-state index contributed by atoms with van der Waals surface area (Å²) in [5.74, 6) is -1.62. The van der Waals surface area contributed by atoms with Crippen LogP contribution in [0.25, 0.3) is 0 Å². The van der Waals surface area contributed by atoms with Crippen molar-refractivity contribution in [1.82, 2.24) is 9.97 Å². The molecule has 0 bridgehead atoms. The lowest BCUT2D eigenvalue weighted by Crippen LogP contribution is -2.06. The zero-order valence-electron chi connectivity index (χ0n) is 10.9. The van der Waals surface area contributed by atoms with E-state index in [-0.39, 0.29) is 17.8 Å². The van der Waals surface area contributed by atoms with E-state index in [1.165, 1.54) is 6.07 Å². The van der Waals surface area contributed by atoms with Crippen molar-refractivity contribution < 1.29 is 13.6 Å². The highest BCUT2D eigenvalue weighted by molar-refractivity contribution is 5.97. The number of nitrogens with one attached hydrogen (secondary N) is 1. The quantitative estimate of drug-likeness (QED) is 0.876. The van der Waals surface area contributed by atoms with Crippen LogP contribution in [0.4, 0.5) is 8.78 Å². The number of nitrogens with zero attached hydrogens (tertiary/aromatic N) is 1. The zero-order chi connectivity index (χ0) is 14.1. The summed E-state index contributed by atoms with van der Waals surface area (Å²) in [4.78, 5) is 19.6. The second kappa shape index (κ2) is 5.15. The Balaban J connectivity index is 1.78. The molecule has 1 N–H and O–H groups in total. The van der Waals surface area contributed by atoms with Crippen molar-refractivity contribution in [3.63, 3.8) is 0 Å². The van der Waals surface area contributed by atoms with E-state index in [9.17, 15) is 13.6 Å². The molecule has 1 aliphatic carbocycles. The molecule has 0 radical (unpaired) electrons. The SMILES string of the molecule is O=C(Cc1nc2c([nH]1)CCCC2)c1ccc(F)c(F)c1. The Kier molecular flexibility index (Phi) is 3.34. The van der Waals surface area contributed by atoms with Crippen LogP contribution in [0.5, 0.6) is 0 Å². The Labute approximate surface area is 115 Å². The van der Waals surface area contributed by atoms with Crippen molar-refractivity contribution in [3.8, 4) is 0 Å². The second-order valence-corrected chi connectivity index (χ2v) is 5.04. The van der Waals surface area contributed by atoms with Gasteiger partial charge in [-0.1, -0.05) is 0 Å². The first-order chi connectivity index (χ1) is 9.63. The van der Waals surface area contributed by atoms with Crippen LogP contribution in [0.3, 0.4) is 0 Å². The molecule has 0 saturated carbocycles. The van der Waals surface area contributed by atoms with Gasteiger partial charge in [-0.15, -0.1) is 0 Å². The van der Waals surface area contributed by atoms with Crippen molar-refractivity contribution in [1.29, 1.82) is 0 Å². The molecule has 1 aromatic carbocycles. The number of hydrogen-bond acceptors (Lipinski definition) is 2. The van der Waals surface area contributed by atoms with E-state index < -0.39 is 11.6 Å². The van der Waals surface area contributed by atoms with Gasteiger partial charge in [0.15, 0.2) is 17.4 Å². The van der Waals surface area contributed by atoms with Crippen molar-refractivity contribution >= 4 is 5.78 Å². The van der Waals surface area contributed by atoms with Gasteiger partial charge in [-0.25, -0.2) is 13.8 Å². The Morgan fingerprint density at radius 1 is 1.20 bits per heavy atom. The molecule has 3 nitrogen and oxygen atoms in total. The molecule has 20 heavy (non-hydrogen) atoms. The highest BCUT2D eigenvalue weighted by Gasteiger charge is 2.17. The molecule has 0 atom stereocenters. The number of hydrogen-bond donors (Lipinski definition) is 1. The first-order valence-electron chi connectivity index (χ1n) is 6.68. The number of Topliss-reactive ketones (excluding diaryl/α,β-unsaturated/α-hetero) is 1. The standard InChI is InChI=1S/C15H14F2N2O/c16-10-6-5-9(7-11(10)17)14(20)8-15-18-12-3-1-2-4-13(12)19-15/h5-7H,1-4,8H2,(H,18,19). The number of benzene rings is 1. The lowest BCUT2D eigenvalue weighted by molar-refractivity contribution is 0.0990. The molecule has 0 aliphatic heterocycles. The topological polar surface area (TPSA) is 45.8 Å². The van der Waals surface area contributed by atoms with Gasteiger partial charge >= 0.3 is 0 Å². The molecule has 0 saturated heterocycles. The predicted molar refractivity (Wildman–Crippen MR) is 69.6 cm³/mol. The molecule has 104 valence electrons. The van der Waals surface area contributed by atoms with Gasteiger partial charge in [-0.05, 0) is 43.9 Å².